The van der Waals surface area contributed by atoms with Gasteiger partial charge < -0.3 is 9.64 Å². The van der Waals surface area contributed by atoms with E-state index in [1.54, 1.807) is 12.1 Å². The number of nitrogens with zero attached hydrogens (tertiary/aromatic N) is 2. The third kappa shape index (κ3) is 3.48. The summed E-state index contributed by atoms with van der Waals surface area (Å²) in [6, 6.07) is 3.36. The van der Waals surface area contributed by atoms with Gasteiger partial charge in [-0.15, -0.1) is 11.6 Å². The van der Waals surface area contributed by atoms with E-state index in [2.05, 4.69) is 4.98 Å². The standard InChI is InChI=1S/C10H13ClF2N2O/c1-16-8-3-2-5-14-10(8)15(6-4-11)7-9(12)13/h2-3,5,9H,4,6-7H2,1H3. The Morgan fingerprint density at radius 2 is 2.31 bits per heavy atom. The number of methoxy groups -OCH3 is 1. The molecule has 0 aromatic carbocycles. The van der Waals surface area contributed by atoms with E-state index in [0.717, 1.165) is 0 Å². The normalized spacial score (nSPS) is 10.6. The SMILES string of the molecule is COc1cccnc1N(CCCl)CC(F)F. The van der Waals surface area contributed by atoms with Crippen LogP contribution in [0.1, 0.15) is 0 Å². The van der Waals surface area contributed by atoms with Crippen molar-refractivity contribution in [2.45, 2.75) is 6.43 Å². The monoisotopic (exact) mass is 250 g/mol. The lowest BCUT2D eigenvalue weighted by Crippen LogP contribution is -2.31. The molecule has 0 amide bonds. The van der Waals surface area contributed by atoms with Crippen LogP contribution in [0, 0.1) is 0 Å². The molecule has 1 aromatic heterocycles. The molecule has 0 bridgehead atoms. The molecule has 0 fully saturated rings. The van der Waals surface area contributed by atoms with Gasteiger partial charge in [0.15, 0.2) is 11.6 Å². The number of rotatable bonds is 6. The second-order valence-corrected chi connectivity index (χ2v) is 3.43. The summed E-state index contributed by atoms with van der Waals surface area (Å²) in [5, 5.41) is 0. The summed E-state index contributed by atoms with van der Waals surface area (Å²) in [5.74, 6) is 1.12. The summed E-state index contributed by atoms with van der Waals surface area (Å²) < 4.78 is 29.8. The molecule has 0 unspecified atom stereocenters. The van der Waals surface area contributed by atoms with Gasteiger partial charge in [-0.2, -0.15) is 0 Å². The third-order valence-corrected chi connectivity index (χ3v) is 2.15. The van der Waals surface area contributed by atoms with Crippen molar-refractivity contribution >= 4 is 17.4 Å². The van der Waals surface area contributed by atoms with E-state index in [4.69, 9.17) is 16.3 Å². The van der Waals surface area contributed by atoms with E-state index in [1.165, 1.54) is 18.2 Å². The van der Waals surface area contributed by atoms with Crippen molar-refractivity contribution in [2.75, 3.05) is 31.0 Å². The molecule has 1 rings (SSSR count). The number of alkyl halides is 3. The molecular formula is C10H13ClF2N2O. The molecule has 0 saturated heterocycles. The molecule has 3 nitrogen and oxygen atoms in total. The maximum Gasteiger partial charge on any atom is 0.255 e. The molecule has 0 aliphatic rings. The van der Waals surface area contributed by atoms with Gasteiger partial charge in [0.25, 0.3) is 6.43 Å². The molecule has 1 heterocycles. The molecule has 1 aromatic rings. The fraction of sp³-hybridized carbons (Fsp3) is 0.500. The van der Waals surface area contributed by atoms with Crippen LogP contribution in [-0.4, -0.2) is 37.5 Å². The van der Waals surface area contributed by atoms with Gasteiger partial charge in [0.1, 0.15) is 0 Å². The Labute approximate surface area is 98.0 Å². The van der Waals surface area contributed by atoms with Crippen molar-refractivity contribution in [3.63, 3.8) is 0 Å². The Morgan fingerprint density at radius 3 is 2.88 bits per heavy atom. The van der Waals surface area contributed by atoms with Crippen molar-refractivity contribution in [1.82, 2.24) is 4.98 Å². The van der Waals surface area contributed by atoms with Crippen LogP contribution in [0.25, 0.3) is 0 Å². The minimum atomic E-state index is -2.44. The number of halogens is 3. The van der Waals surface area contributed by atoms with Crippen molar-refractivity contribution in [2.24, 2.45) is 0 Å². The first-order chi connectivity index (χ1) is 7.69. The Bertz CT molecular complexity index is 325. The number of aromatic nitrogens is 1. The molecule has 0 radical (unpaired) electrons. The smallest absolute Gasteiger partial charge is 0.255 e. The van der Waals surface area contributed by atoms with Crippen LogP contribution in [-0.2, 0) is 0 Å². The summed E-state index contributed by atoms with van der Waals surface area (Å²) in [6.07, 6.45) is -0.903. The zero-order valence-corrected chi connectivity index (χ0v) is 9.62. The Morgan fingerprint density at radius 1 is 1.56 bits per heavy atom. The van der Waals surface area contributed by atoms with Gasteiger partial charge in [-0.05, 0) is 12.1 Å². The summed E-state index contributed by atoms with van der Waals surface area (Å²) in [7, 11) is 1.47. The van der Waals surface area contributed by atoms with E-state index < -0.39 is 13.0 Å². The molecule has 90 valence electrons. The maximum atomic E-state index is 12.4. The van der Waals surface area contributed by atoms with Crippen molar-refractivity contribution in [3.05, 3.63) is 18.3 Å². The predicted octanol–water partition coefficient (Wildman–Crippen LogP) is 2.40. The predicted molar refractivity (Wildman–Crippen MR) is 59.7 cm³/mol. The average molecular weight is 251 g/mol. The Hall–Kier alpha value is -1.10. The summed E-state index contributed by atoms with van der Waals surface area (Å²) in [6.45, 7) is -0.0979. The minimum absolute atomic E-state index is 0.256. The van der Waals surface area contributed by atoms with E-state index in [9.17, 15) is 8.78 Å². The van der Waals surface area contributed by atoms with Crippen LogP contribution in [0.4, 0.5) is 14.6 Å². The molecule has 0 aliphatic heterocycles. The van der Waals surface area contributed by atoms with Gasteiger partial charge in [0, 0.05) is 18.6 Å². The topological polar surface area (TPSA) is 25.4 Å². The van der Waals surface area contributed by atoms with Gasteiger partial charge in [-0.25, -0.2) is 13.8 Å². The second kappa shape index (κ2) is 6.48. The van der Waals surface area contributed by atoms with E-state index >= 15 is 0 Å². The van der Waals surface area contributed by atoms with Crippen LogP contribution in [0.2, 0.25) is 0 Å². The highest BCUT2D eigenvalue weighted by atomic mass is 35.5. The molecule has 16 heavy (non-hydrogen) atoms. The average Bonchev–Trinajstić information content (AvgIpc) is 2.28. The lowest BCUT2D eigenvalue weighted by molar-refractivity contribution is 0.155. The number of pyridine rings is 1. The fourth-order valence-corrected chi connectivity index (χ4v) is 1.54. The molecule has 0 N–H and O–H groups in total. The van der Waals surface area contributed by atoms with Gasteiger partial charge >= 0.3 is 0 Å². The number of hydrogen-bond donors (Lipinski definition) is 0. The zero-order valence-electron chi connectivity index (χ0n) is 8.87. The van der Waals surface area contributed by atoms with Gasteiger partial charge in [-0.1, -0.05) is 0 Å². The molecule has 0 aliphatic carbocycles. The number of anilines is 1. The fourth-order valence-electron chi connectivity index (χ4n) is 1.33. The highest BCUT2D eigenvalue weighted by Gasteiger charge is 2.16. The first-order valence-corrected chi connectivity index (χ1v) is 5.30. The highest BCUT2D eigenvalue weighted by molar-refractivity contribution is 6.18. The minimum Gasteiger partial charge on any atom is -0.493 e. The maximum absolute atomic E-state index is 12.4. The van der Waals surface area contributed by atoms with Gasteiger partial charge in [-0.3, -0.25) is 0 Å². The zero-order chi connectivity index (χ0) is 12.0. The van der Waals surface area contributed by atoms with Crippen molar-refractivity contribution < 1.29 is 13.5 Å². The summed E-state index contributed by atoms with van der Waals surface area (Å²) in [5.41, 5.74) is 0. The van der Waals surface area contributed by atoms with Crippen LogP contribution >= 0.6 is 11.6 Å². The Balaban J connectivity index is 2.90. The van der Waals surface area contributed by atoms with Crippen LogP contribution in [0.3, 0.4) is 0 Å². The van der Waals surface area contributed by atoms with Crippen LogP contribution < -0.4 is 9.64 Å². The summed E-state index contributed by atoms with van der Waals surface area (Å²) in [4.78, 5) is 5.44. The quantitative estimate of drug-likeness (QED) is 0.725. The molecule has 0 saturated carbocycles. The molecule has 0 spiro atoms. The van der Waals surface area contributed by atoms with Crippen molar-refractivity contribution in [3.8, 4) is 5.75 Å². The molecule has 6 heteroatoms. The van der Waals surface area contributed by atoms with E-state index in [0.29, 0.717) is 18.1 Å². The number of ether oxygens (including phenoxy) is 1. The van der Waals surface area contributed by atoms with Gasteiger partial charge in [0.2, 0.25) is 0 Å². The lowest BCUT2D eigenvalue weighted by atomic mass is 10.3. The molecular weight excluding hydrogens is 238 g/mol. The number of hydrogen-bond acceptors (Lipinski definition) is 3. The summed E-state index contributed by atoms with van der Waals surface area (Å²) >= 11 is 5.57. The first kappa shape index (κ1) is 13.0. The van der Waals surface area contributed by atoms with E-state index in [1.807, 2.05) is 0 Å². The first-order valence-electron chi connectivity index (χ1n) is 4.77. The van der Waals surface area contributed by atoms with Crippen molar-refractivity contribution in [1.29, 1.82) is 0 Å². The van der Waals surface area contributed by atoms with Gasteiger partial charge in [0.05, 0.1) is 13.7 Å². The van der Waals surface area contributed by atoms with Crippen LogP contribution in [0.15, 0.2) is 18.3 Å². The van der Waals surface area contributed by atoms with E-state index in [-0.39, 0.29) is 5.88 Å². The highest BCUT2D eigenvalue weighted by Crippen LogP contribution is 2.25. The van der Waals surface area contributed by atoms with Crippen LogP contribution in [0.5, 0.6) is 5.75 Å². The molecule has 0 atom stereocenters. The Kier molecular flexibility index (Phi) is 5.25. The third-order valence-electron chi connectivity index (χ3n) is 1.98. The largest absolute Gasteiger partial charge is 0.493 e. The second-order valence-electron chi connectivity index (χ2n) is 3.06. The lowest BCUT2D eigenvalue weighted by Gasteiger charge is -2.23.